The molecule has 0 aromatic heterocycles. The highest BCUT2D eigenvalue weighted by Crippen LogP contribution is 2.29. The molecule has 1 saturated heterocycles. The number of piperazine rings is 1. The Morgan fingerprint density at radius 2 is 1.46 bits per heavy atom. The van der Waals surface area contributed by atoms with Crippen LogP contribution in [-0.2, 0) is 12.7 Å². The third kappa shape index (κ3) is 4.49. The van der Waals surface area contributed by atoms with Gasteiger partial charge in [-0.3, -0.25) is 4.90 Å². The van der Waals surface area contributed by atoms with Crippen LogP contribution in [0.3, 0.4) is 0 Å². The molecule has 2 aromatic rings. The zero-order chi connectivity index (χ0) is 17.0. The highest BCUT2D eigenvalue weighted by atomic mass is 19.4. The number of alkyl halides is 3. The number of hydrogen-bond donors (Lipinski definition) is 1. The molecule has 0 amide bonds. The van der Waals surface area contributed by atoms with Crippen molar-refractivity contribution in [2.45, 2.75) is 12.7 Å². The predicted molar refractivity (Wildman–Crippen MR) is 88.4 cm³/mol. The van der Waals surface area contributed by atoms with Crippen molar-refractivity contribution in [2.75, 3.05) is 31.6 Å². The van der Waals surface area contributed by atoms with Crippen LogP contribution in [0.5, 0.6) is 0 Å². The lowest BCUT2D eigenvalue weighted by atomic mass is 10.2. The monoisotopic (exact) mass is 335 g/mol. The van der Waals surface area contributed by atoms with E-state index in [4.69, 9.17) is 0 Å². The fourth-order valence-electron chi connectivity index (χ4n) is 2.78. The van der Waals surface area contributed by atoms with Gasteiger partial charge in [-0.15, -0.1) is 0 Å². The normalized spacial score (nSPS) is 17.0. The summed E-state index contributed by atoms with van der Waals surface area (Å²) < 4.78 is 37.7. The van der Waals surface area contributed by atoms with Gasteiger partial charge in [-0.1, -0.05) is 30.3 Å². The quantitative estimate of drug-likeness (QED) is 0.916. The molecule has 24 heavy (non-hydrogen) atoms. The van der Waals surface area contributed by atoms with Crippen molar-refractivity contribution >= 4 is 5.69 Å². The number of rotatable bonds is 4. The summed E-state index contributed by atoms with van der Waals surface area (Å²) in [5.74, 6) is 0. The zero-order valence-electron chi connectivity index (χ0n) is 13.3. The topological polar surface area (TPSA) is 18.5 Å². The second-order valence-corrected chi connectivity index (χ2v) is 5.94. The Morgan fingerprint density at radius 3 is 2.04 bits per heavy atom. The van der Waals surface area contributed by atoms with E-state index in [1.165, 1.54) is 17.7 Å². The standard InChI is InChI=1S/C18H20F3N3/c19-18(20,21)16-6-8-17(9-7-16)22-24-12-10-23(11-13-24)14-15-4-2-1-3-5-15/h1-9,22H,10-14H2. The Balaban J connectivity index is 1.48. The summed E-state index contributed by atoms with van der Waals surface area (Å²) in [6, 6.07) is 15.5. The van der Waals surface area contributed by atoms with Crippen LogP contribution in [0, 0.1) is 0 Å². The lowest BCUT2D eigenvalue weighted by Gasteiger charge is -2.35. The third-order valence-electron chi connectivity index (χ3n) is 4.12. The maximum absolute atomic E-state index is 12.6. The van der Waals surface area contributed by atoms with E-state index in [1.807, 2.05) is 23.2 Å². The van der Waals surface area contributed by atoms with Gasteiger partial charge in [0.1, 0.15) is 0 Å². The molecular weight excluding hydrogens is 315 g/mol. The van der Waals surface area contributed by atoms with E-state index in [0.29, 0.717) is 5.69 Å². The molecular formula is C18H20F3N3. The van der Waals surface area contributed by atoms with Crippen LogP contribution in [0.4, 0.5) is 18.9 Å². The number of nitrogens with zero attached hydrogens (tertiary/aromatic N) is 2. The summed E-state index contributed by atoms with van der Waals surface area (Å²) in [6.07, 6.45) is -4.29. The van der Waals surface area contributed by atoms with E-state index in [0.717, 1.165) is 44.9 Å². The molecule has 1 fully saturated rings. The SMILES string of the molecule is FC(F)(F)c1ccc(NN2CCN(Cc3ccccc3)CC2)cc1. The molecule has 1 N–H and O–H groups in total. The molecule has 0 aliphatic carbocycles. The van der Waals surface area contributed by atoms with Crippen molar-refractivity contribution in [3.63, 3.8) is 0 Å². The van der Waals surface area contributed by atoms with Crippen molar-refractivity contribution in [1.82, 2.24) is 9.91 Å². The van der Waals surface area contributed by atoms with Crippen molar-refractivity contribution < 1.29 is 13.2 Å². The van der Waals surface area contributed by atoms with Gasteiger partial charge in [0.25, 0.3) is 0 Å². The number of hydrazine groups is 1. The first-order valence-corrected chi connectivity index (χ1v) is 7.96. The van der Waals surface area contributed by atoms with E-state index in [1.54, 1.807) is 0 Å². The molecule has 128 valence electrons. The van der Waals surface area contributed by atoms with Gasteiger partial charge in [0.05, 0.1) is 5.56 Å². The number of hydrogen-bond acceptors (Lipinski definition) is 3. The van der Waals surface area contributed by atoms with Gasteiger partial charge in [-0.2, -0.15) is 13.2 Å². The predicted octanol–water partition coefficient (Wildman–Crippen LogP) is 3.85. The molecule has 1 aliphatic heterocycles. The fraction of sp³-hybridized carbons (Fsp3) is 0.333. The summed E-state index contributed by atoms with van der Waals surface area (Å²) in [4.78, 5) is 2.38. The van der Waals surface area contributed by atoms with Crippen LogP contribution in [0.1, 0.15) is 11.1 Å². The third-order valence-corrected chi connectivity index (χ3v) is 4.12. The molecule has 3 rings (SSSR count). The molecule has 1 heterocycles. The van der Waals surface area contributed by atoms with Crippen LogP contribution in [-0.4, -0.2) is 36.1 Å². The molecule has 1 aliphatic rings. The van der Waals surface area contributed by atoms with E-state index >= 15 is 0 Å². The molecule has 0 saturated carbocycles. The molecule has 0 bridgehead atoms. The number of benzene rings is 2. The van der Waals surface area contributed by atoms with Crippen LogP contribution in [0.15, 0.2) is 54.6 Å². The molecule has 6 heteroatoms. The molecule has 0 atom stereocenters. The maximum atomic E-state index is 12.6. The Morgan fingerprint density at radius 1 is 0.833 bits per heavy atom. The smallest absolute Gasteiger partial charge is 0.319 e. The summed E-state index contributed by atoms with van der Waals surface area (Å²) in [5, 5.41) is 2.05. The van der Waals surface area contributed by atoms with Gasteiger partial charge in [-0.25, -0.2) is 5.01 Å². The van der Waals surface area contributed by atoms with Crippen molar-refractivity contribution in [3.05, 3.63) is 65.7 Å². The lowest BCUT2D eigenvalue weighted by Crippen LogP contribution is -2.48. The van der Waals surface area contributed by atoms with Gasteiger partial charge in [0.2, 0.25) is 0 Å². The van der Waals surface area contributed by atoms with Crippen molar-refractivity contribution in [2.24, 2.45) is 0 Å². The highest BCUT2D eigenvalue weighted by molar-refractivity contribution is 5.44. The Kier molecular flexibility index (Phi) is 5.06. The molecule has 3 nitrogen and oxygen atoms in total. The second kappa shape index (κ2) is 7.23. The van der Waals surface area contributed by atoms with Crippen LogP contribution in [0.2, 0.25) is 0 Å². The summed E-state index contributed by atoms with van der Waals surface area (Å²) in [7, 11) is 0. The first kappa shape index (κ1) is 16.8. The second-order valence-electron chi connectivity index (χ2n) is 5.94. The van der Waals surface area contributed by atoms with Crippen molar-refractivity contribution in [1.29, 1.82) is 0 Å². The largest absolute Gasteiger partial charge is 0.416 e. The average molecular weight is 335 g/mol. The van der Waals surface area contributed by atoms with Gasteiger partial charge in [0, 0.05) is 38.4 Å². The van der Waals surface area contributed by atoms with E-state index in [-0.39, 0.29) is 0 Å². The number of anilines is 1. The Hall–Kier alpha value is -2.05. The first-order chi connectivity index (χ1) is 11.5. The van der Waals surface area contributed by atoms with E-state index in [9.17, 15) is 13.2 Å². The molecule has 0 spiro atoms. The molecule has 0 radical (unpaired) electrons. The number of nitrogens with one attached hydrogen (secondary N) is 1. The van der Waals surface area contributed by atoms with Crippen LogP contribution >= 0.6 is 0 Å². The maximum Gasteiger partial charge on any atom is 0.416 e. The number of halogens is 3. The lowest BCUT2D eigenvalue weighted by molar-refractivity contribution is -0.137. The average Bonchev–Trinajstić information content (AvgIpc) is 2.57. The summed E-state index contributed by atoms with van der Waals surface area (Å²) in [6.45, 7) is 4.42. The van der Waals surface area contributed by atoms with Gasteiger partial charge < -0.3 is 5.43 Å². The summed E-state index contributed by atoms with van der Waals surface area (Å²) in [5.41, 5.74) is 4.53. The van der Waals surface area contributed by atoms with Crippen LogP contribution < -0.4 is 5.43 Å². The van der Waals surface area contributed by atoms with Gasteiger partial charge in [0.15, 0.2) is 0 Å². The highest BCUT2D eigenvalue weighted by Gasteiger charge is 2.30. The summed E-state index contributed by atoms with van der Waals surface area (Å²) >= 11 is 0. The van der Waals surface area contributed by atoms with Gasteiger partial charge >= 0.3 is 6.18 Å². The Labute approximate surface area is 139 Å². The zero-order valence-corrected chi connectivity index (χ0v) is 13.3. The van der Waals surface area contributed by atoms with Crippen molar-refractivity contribution in [3.8, 4) is 0 Å². The minimum absolute atomic E-state index is 0.624. The minimum Gasteiger partial charge on any atom is -0.319 e. The van der Waals surface area contributed by atoms with E-state index < -0.39 is 11.7 Å². The van der Waals surface area contributed by atoms with E-state index in [2.05, 4.69) is 22.5 Å². The minimum atomic E-state index is -4.29. The molecule has 2 aromatic carbocycles. The Bertz CT molecular complexity index is 633. The van der Waals surface area contributed by atoms with Gasteiger partial charge in [-0.05, 0) is 29.8 Å². The molecule has 0 unspecified atom stereocenters. The first-order valence-electron chi connectivity index (χ1n) is 7.96. The van der Waals surface area contributed by atoms with Crippen LogP contribution in [0.25, 0.3) is 0 Å². The fourth-order valence-corrected chi connectivity index (χ4v) is 2.78.